The SMILES string of the molecule is Cc1ccc(-c2cnc(CCC(=O)Nc3ccc(N4CCCC(C(N)=O)C4)nc3)o2)cc1. The van der Waals surface area contributed by atoms with Crippen LogP contribution in [0.15, 0.2) is 53.2 Å². The molecule has 8 nitrogen and oxygen atoms in total. The molecule has 1 atom stereocenters. The van der Waals surface area contributed by atoms with Crippen LogP contribution >= 0.6 is 0 Å². The quantitative estimate of drug-likeness (QED) is 0.591. The van der Waals surface area contributed by atoms with Crippen LogP contribution < -0.4 is 16.0 Å². The van der Waals surface area contributed by atoms with E-state index in [0.717, 1.165) is 30.8 Å². The fraction of sp³-hybridized carbons (Fsp3) is 0.333. The molecule has 1 fully saturated rings. The lowest BCUT2D eigenvalue weighted by atomic mass is 9.97. The average molecular weight is 434 g/mol. The number of benzene rings is 1. The molecule has 1 aliphatic heterocycles. The number of rotatable bonds is 7. The van der Waals surface area contributed by atoms with Gasteiger partial charge in [-0.1, -0.05) is 29.8 Å². The number of aromatic nitrogens is 2. The number of pyridine rings is 1. The minimum atomic E-state index is -0.268. The van der Waals surface area contributed by atoms with Crippen molar-refractivity contribution >= 4 is 23.3 Å². The van der Waals surface area contributed by atoms with Crippen LogP contribution in [0.2, 0.25) is 0 Å². The van der Waals surface area contributed by atoms with Crippen molar-refractivity contribution in [3.8, 4) is 11.3 Å². The van der Waals surface area contributed by atoms with Crippen LogP contribution in [0, 0.1) is 12.8 Å². The number of aryl methyl sites for hydroxylation is 2. The summed E-state index contributed by atoms with van der Waals surface area (Å²) in [6.07, 6.45) is 5.69. The molecule has 3 N–H and O–H groups in total. The van der Waals surface area contributed by atoms with E-state index in [1.165, 1.54) is 5.56 Å². The number of carbonyl (C=O) groups is 2. The Hall–Kier alpha value is -3.68. The number of amides is 2. The Bertz CT molecular complexity index is 1080. The molecule has 3 aromatic rings. The van der Waals surface area contributed by atoms with Crippen molar-refractivity contribution in [2.45, 2.75) is 32.6 Å². The van der Waals surface area contributed by atoms with Gasteiger partial charge in [0.1, 0.15) is 5.82 Å². The molecule has 3 heterocycles. The van der Waals surface area contributed by atoms with E-state index in [1.54, 1.807) is 12.4 Å². The molecule has 8 heteroatoms. The van der Waals surface area contributed by atoms with Gasteiger partial charge in [0.15, 0.2) is 11.7 Å². The van der Waals surface area contributed by atoms with Crippen LogP contribution in [0.1, 0.15) is 30.7 Å². The predicted molar refractivity (Wildman–Crippen MR) is 122 cm³/mol. The van der Waals surface area contributed by atoms with Crippen molar-refractivity contribution in [3.05, 3.63) is 60.2 Å². The molecule has 0 saturated carbocycles. The van der Waals surface area contributed by atoms with E-state index in [-0.39, 0.29) is 24.2 Å². The summed E-state index contributed by atoms with van der Waals surface area (Å²) >= 11 is 0. The van der Waals surface area contributed by atoms with Gasteiger partial charge in [-0.2, -0.15) is 0 Å². The summed E-state index contributed by atoms with van der Waals surface area (Å²) in [5.41, 5.74) is 8.21. The Morgan fingerprint density at radius 1 is 1.16 bits per heavy atom. The van der Waals surface area contributed by atoms with Crippen LogP contribution in [0.5, 0.6) is 0 Å². The van der Waals surface area contributed by atoms with Crippen LogP contribution in [0.4, 0.5) is 11.5 Å². The number of primary amides is 1. The Kier molecular flexibility index (Phi) is 6.49. The highest BCUT2D eigenvalue weighted by Gasteiger charge is 2.24. The molecule has 1 aromatic carbocycles. The number of nitrogens with zero attached hydrogens (tertiary/aromatic N) is 3. The number of nitrogens with one attached hydrogen (secondary N) is 1. The summed E-state index contributed by atoms with van der Waals surface area (Å²) in [7, 11) is 0. The van der Waals surface area contributed by atoms with Gasteiger partial charge < -0.3 is 20.4 Å². The summed E-state index contributed by atoms with van der Waals surface area (Å²) in [4.78, 5) is 34.6. The lowest BCUT2D eigenvalue weighted by Gasteiger charge is -2.32. The number of piperidine rings is 1. The fourth-order valence-corrected chi connectivity index (χ4v) is 3.79. The van der Waals surface area contributed by atoms with Crippen molar-refractivity contribution in [2.24, 2.45) is 11.7 Å². The van der Waals surface area contributed by atoms with E-state index >= 15 is 0 Å². The summed E-state index contributed by atoms with van der Waals surface area (Å²) in [6, 6.07) is 11.7. The zero-order valence-electron chi connectivity index (χ0n) is 18.1. The molecule has 2 aromatic heterocycles. The van der Waals surface area contributed by atoms with Crippen molar-refractivity contribution in [2.75, 3.05) is 23.3 Å². The summed E-state index contributed by atoms with van der Waals surface area (Å²) < 4.78 is 5.78. The second kappa shape index (κ2) is 9.64. The zero-order chi connectivity index (χ0) is 22.5. The Balaban J connectivity index is 1.28. The summed E-state index contributed by atoms with van der Waals surface area (Å²) in [5, 5.41) is 2.85. The lowest BCUT2D eigenvalue weighted by Crippen LogP contribution is -2.41. The third kappa shape index (κ3) is 5.32. The summed E-state index contributed by atoms with van der Waals surface area (Å²) in [6.45, 7) is 3.45. The van der Waals surface area contributed by atoms with Crippen LogP contribution in [-0.2, 0) is 16.0 Å². The van der Waals surface area contributed by atoms with E-state index in [4.69, 9.17) is 10.2 Å². The third-order valence-electron chi connectivity index (χ3n) is 5.63. The molecule has 0 spiro atoms. The molecule has 0 bridgehead atoms. The molecule has 4 rings (SSSR count). The molecular formula is C24H27N5O3. The molecule has 1 saturated heterocycles. The van der Waals surface area contributed by atoms with E-state index in [2.05, 4.69) is 20.2 Å². The average Bonchev–Trinajstić information content (AvgIpc) is 3.28. The van der Waals surface area contributed by atoms with Crippen LogP contribution in [0.25, 0.3) is 11.3 Å². The number of hydrogen-bond donors (Lipinski definition) is 2. The first kappa shape index (κ1) is 21.5. The first-order chi connectivity index (χ1) is 15.5. The molecule has 32 heavy (non-hydrogen) atoms. The van der Waals surface area contributed by atoms with E-state index in [9.17, 15) is 9.59 Å². The monoisotopic (exact) mass is 433 g/mol. The fourth-order valence-electron chi connectivity index (χ4n) is 3.79. The van der Waals surface area contributed by atoms with Crippen molar-refractivity contribution < 1.29 is 14.0 Å². The minimum Gasteiger partial charge on any atom is -0.441 e. The maximum absolute atomic E-state index is 12.3. The van der Waals surface area contributed by atoms with Gasteiger partial charge in [0.2, 0.25) is 11.8 Å². The van der Waals surface area contributed by atoms with Crippen molar-refractivity contribution in [3.63, 3.8) is 0 Å². The second-order valence-corrected chi connectivity index (χ2v) is 8.13. The normalized spacial score (nSPS) is 16.0. The Morgan fingerprint density at radius 2 is 1.97 bits per heavy atom. The number of carbonyl (C=O) groups excluding carboxylic acids is 2. The number of anilines is 2. The standard InChI is InChI=1S/C24H27N5O3/c1-16-4-6-17(7-5-16)20-14-27-23(32-20)11-10-22(30)28-19-8-9-21(26-13-19)29-12-2-3-18(15-29)24(25)31/h4-9,13-14,18H,2-3,10-12,15H2,1H3,(H2,25,31)(H,28,30). The smallest absolute Gasteiger partial charge is 0.224 e. The Morgan fingerprint density at radius 3 is 2.69 bits per heavy atom. The first-order valence-corrected chi connectivity index (χ1v) is 10.8. The maximum atomic E-state index is 12.3. The van der Waals surface area contributed by atoms with E-state index in [0.29, 0.717) is 30.3 Å². The predicted octanol–water partition coefficient (Wildman–Crippen LogP) is 3.32. The van der Waals surface area contributed by atoms with Crippen LogP contribution in [-0.4, -0.2) is 34.9 Å². The first-order valence-electron chi connectivity index (χ1n) is 10.8. The molecule has 1 unspecified atom stereocenters. The van der Waals surface area contributed by atoms with Gasteiger partial charge in [-0.15, -0.1) is 0 Å². The number of oxazole rings is 1. The largest absolute Gasteiger partial charge is 0.441 e. The van der Waals surface area contributed by atoms with Gasteiger partial charge in [0, 0.05) is 31.5 Å². The van der Waals surface area contributed by atoms with Gasteiger partial charge >= 0.3 is 0 Å². The number of hydrogen-bond acceptors (Lipinski definition) is 6. The molecule has 0 radical (unpaired) electrons. The second-order valence-electron chi connectivity index (χ2n) is 8.13. The lowest BCUT2D eigenvalue weighted by molar-refractivity contribution is -0.122. The van der Waals surface area contributed by atoms with Crippen LogP contribution in [0.3, 0.4) is 0 Å². The highest BCUT2D eigenvalue weighted by molar-refractivity contribution is 5.90. The molecule has 166 valence electrons. The maximum Gasteiger partial charge on any atom is 0.224 e. The van der Waals surface area contributed by atoms with Gasteiger partial charge in [0.25, 0.3) is 0 Å². The number of nitrogens with two attached hydrogens (primary N) is 1. The van der Waals surface area contributed by atoms with Gasteiger partial charge in [-0.05, 0) is 31.9 Å². The van der Waals surface area contributed by atoms with Gasteiger partial charge in [-0.3, -0.25) is 9.59 Å². The van der Waals surface area contributed by atoms with E-state index in [1.807, 2.05) is 43.3 Å². The van der Waals surface area contributed by atoms with E-state index < -0.39 is 0 Å². The highest BCUT2D eigenvalue weighted by Crippen LogP contribution is 2.23. The molecule has 1 aliphatic rings. The molecular weight excluding hydrogens is 406 g/mol. The van der Waals surface area contributed by atoms with Crippen molar-refractivity contribution in [1.29, 1.82) is 0 Å². The highest BCUT2D eigenvalue weighted by atomic mass is 16.4. The van der Waals surface area contributed by atoms with Gasteiger partial charge in [0.05, 0.1) is 24.0 Å². The third-order valence-corrected chi connectivity index (χ3v) is 5.63. The zero-order valence-corrected chi connectivity index (χ0v) is 18.1. The molecule has 2 amide bonds. The van der Waals surface area contributed by atoms with Crippen molar-refractivity contribution in [1.82, 2.24) is 9.97 Å². The Labute approximate surface area is 186 Å². The van der Waals surface area contributed by atoms with Gasteiger partial charge in [-0.25, -0.2) is 9.97 Å². The summed E-state index contributed by atoms with van der Waals surface area (Å²) in [5.74, 6) is 1.44. The minimum absolute atomic E-state index is 0.138. The molecule has 0 aliphatic carbocycles. The topological polar surface area (TPSA) is 114 Å².